The molecule has 0 unspecified atom stereocenters. The van der Waals surface area contributed by atoms with Crippen molar-refractivity contribution in [2.75, 3.05) is 0 Å². The molecule has 0 spiro atoms. The van der Waals surface area contributed by atoms with Crippen molar-refractivity contribution in [2.24, 2.45) is 0 Å². The summed E-state index contributed by atoms with van der Waals surface area (Å²) in [6.07, 6.45) is -0.0924. The van der Waals surface area contributed by atoms with E-state index in [9.17, 15) is 9.59 Å². The van der Waals surface area contributed by atoms with Gasteiger partial charge in [-0.2, -0.15) is 0 Å². The number of hydrogen-bond donors (Lipinski definition) is 2. The number of carboxylic acid groups (broad SMARTS) is 1. The van der Waals surface area contributed by atoms with Crippen LogP contribution in [0.2, 0.25) is 0 Å². The lowest BCUT2D eigenvalue weighted by molar-refractivity contribution is -0.136. The quantitative estimate of drug-likeness (QED) is 0.610. The number of amides is 1. The Bertz CT molecular complexity index is 434. The Kier molecular flexibility index (Phi) is 5.67. The normalized spacial score (nSPS) is 10.4. The van der Waals surface area contributed by atoms with Crippen LogP contribution in [0.5, 0.6) is 0 Å². The van der Waals surface area contributed by atoms with Crippen LogP contribution in [-0.4, -0.2) is 23.1 Å². The fraction of sp³-hybridized carbons (Fsp3) is 0.333. The SMILES string of the molecule is CC(C)OSNC(=O)c1cccc(CC(=O)O)c1. The molecule has 1 aromatic carbocycles. The minimum absolute atomic E-state index is 0.00800. The number of carboxylic acids is 1. The van der Waals surface area contributed by atoms with Gasteiger partial charge in [0.05, 0.1) is 12.5 Å². The molecule has 0 saturated heterocycles. The van der Waals surface area contributed by atoms with Gasteiger partial charge in [0.25, 0.3) is 5.91 Å². The standard InChI is InChI=1S/C12H15NO4S/c1-8(2)17-18-13-12(16)10-5-3-4-9(6-10)7-11(14)15/h3-6,8H,7H2,1-2H3,(H,13,16)(H,14,15). The summed E-state index contributed by atoms with van der Waals surface area (Å²) in [6.45, 7) is 3.71. The Morgan fingerprint density at radius 1 is 1.44 bits per heavy atom. The minimum atomic E-state index is -0.926. The fourth-order valence-electron chi connectivity index (χ4n) is 1.21. The number of carbonyl (C=O) groups is 2. The smallest absolute Gasteiger partial charge is 0.307 e. The highest BCUT2D eigenvalue weighted by molar-refractivity contribution is 7.93. The topological polar surface area (TPSA) is 75.6 Å². The molecule has 0 saturated carbocycles. The Morgan fingerprint density at radius 3 is 2.78 bits per heavy atom. The van der Waals surface area contributed by atoms with E-state index in [0.29, 0.717) is 11.1 Å². The molecule has 0 aromatic heterocycles. The van der Waals surface area contributed by atoms with Crippen LogP contribution in [0.25, 0.3) is 0 Å². The molecule has 0 aliphatic heterocycles. The summed E-state index contributed by atoms with van der Waals surface area (Å²) in [5, 5.41) is 8.67. The summed E-state index contributed by atoms with van der Waals surface area (Å²) in [7, 11) is 0. The summed E-state index contributed by atoms with van der Waals surface area (Å²) in [5.41, 5.74) is 0.999. The predicted octanol–water partition coefficient (Wildman–Crippen LogP) is 2.03. The average molecular weight is 269 g/mol. The van der Waals surface area contributed by atoms with E-state index in [4.69, 9.17) is 9.29 Å². The molecule has 1 aromatic rings. The van der Waals surface area contributed by atoms with E-state index in [1.807, 2.05) is 13.8 Å². The van der Waals surface area contributed by atoms with Gasteiger partial charge in [0.1, 0.15) is 12.2 Å². The van der Waals surface area contributed by atoms with Crippen LogP contribution in [0.1, 0.15) is 29.8 Å². The largest absolute Gasteiger partial charge is 0.481 e. The molecule has 0 heterocycles. The Labute approximate surface area is 110 Å². The van der Waals surface area contributed by atoms with Crippen LogP contribution in [0, 0.1) is 0 Å². The molecule has 2 N–H and O–H groups in total. The lowest BCUT2D eigenvalue weighted by atomic mass is 10.1. The first-order valence-electron chi connectivity index (χ1n) is 5.42. The van der Waals surface area contributed by atoms with Gasteiger partial charge in [0, 0.05) is 5.56 Å². The second-order valence-corrected chi connectivity index (χ2v) is 4.49. The maximum absolute atomic E-state index is 11.7. The van der Waals surface area contributed by atoms with Crippen LogP contribution in [0.3, 0.4) is 0 Å². The molecule has 0 atom stereocenters. The van der Waals surface area contributed by atoms with Crippen molar-refractivity contribution in [1.29, 1.82) is 0 Å². The molecular formula is C12H15NO4S. The summed E-state index contributed by atoms with van der Waals surface area (Å²) in [6, 6.07) is 6.50. The molecule has 98 valence electrons. The zero-order valence-corrected chi connectivity index (χ0v) is 11.0. The second kappa shape index (κ2) is 7.03. The van der Waals surface area contributed by atoms with Crippen molar-refractivity contribution in [2.45, 2.75) is 26.4 Å². The van der Waals surface area contributed by atoms with Crippen molar-refractivity contribution < 1.29 is 18.9 Å². The molecule has 0 aliphatic rings. The minimum Gasteiger partial charge on any atom is -0.481 e. The number of hydrogen-bond acceptors (Lipinski definition) is 4. The average Bonchev–Trinajstić information content (AvgIpc) is 2.27. The van der Waals surface area contributed by atoms with Crippen molar-refractivity contribution in [3.63, 3.8) is 0 Å². The molecule has 0 aliphatic carbocycles. The third-order valence-corrected chi connectivity index (χ3v) is 2.67. The molecule has 1 amide bonds. The predicted molar refractivity (Wildman–Crippen MR) is 69.1 cm³/mol. The summed E-state index contributed by atoms with van der Waals surface area (Å²) in [5.74, 6) is -1.24. The monoisotopic (exact) mass is 269 g/mol. The zero-order chi connectivity index (χ0) is 13.5. The molecule has 0 bridgehead atoms. The van der Waals surface area contributed by atoms with Crippen molar-refractivity contribution in [1.82, 2.24) is 4.72 Å². The first-order chi connectivity index (χ1) is 8.49. The molecule has 0 fully saturated rings. The highest BCUT2D eigenvalue weighted by atomic mass is 32.2. The van der Waals surface area contributed by atoms with Crippen LogP contribution in [0.4, 0.5) is 0 Å². The number of rotatable bonds is 6. The fourth-order valence-corrected chi connectivity index (χ4v) is 1.65. The van der Waals surface area contributed by atoms with Crippen molar-refractivity contribution >= 4 is 24.1 Å². The maximum Gasteiger partial charge on any atom is 0.307 e. The van der Waals surface area contributed by atoms with Crippen molar-refractivity contribution in [3.05, 3.63) is 35.4 Å². The van der Waals surface area contributed by atoms with Gasteiger partial charge in [-0.15, -0.1) is 0 Å². The molecule has 5 nitrogen and oxygen atoms in total. The van der Waals surface area contributed by atoms with Gasteiger partial charge in [-0.1, -0.05) is 12.1 Å². The Balaban J connectivity index is 2.59. The number of nitrogens with one attached hydrogen (secondary N) is 1. The van der Waals surface area contributed by atoms with E-state index in [2.05, 4.69) is 4.72 Å². The van der Waals surface area contributed by atoms with Gasteiger partial charge in [0.2, 0.25) is 0 Å². The van der Waals surface area contributed by atoms with Gasteiger partial charge < -0.3 is 5.11 Å². The molecular weight excluding hydrogens is 254 g/mol. The lowest BCUT2D eigenvalue weighted by Gasteiger charge is -2.07. The number of aliphatic carboxylic acids is 1. The summed E-state index contributed by atoms with van der Waals surface area (Å²) < 4.78 is 7.64. The molecule has 0 radical (unpaired) electrons. The highest BCUT2D eigenvalue weighted by Crippen LogP contribution is 2.09. The number of benzene rings is 1. The first-order valence-corrected chi connectivity index (χ1v) is 6.16. The van der Waals surface area contributed by atoms with E-state index in [-0.39, 0.29) is 18.4 Å². The van der Waals surface area contributed by atoms with Gasteiger partial charge in [-0.25, -0.2) is 0 Å². The lowest BCUT2D eigenvalue weighted by Crippen LogP contribution is -2.17. The molecule has 6 heteroatoms. The van der Waals surface area contributed by atoms with Gasteiger partial charge in [-0.3, -0.25) is 18.5 Å². The molecule has 18 heavy (non-hydrogen) atoms. The van der Waals surface area contributed by atoms with Crippen LogP contribution in [-0.2, 0) is 15.4 Å². The van der Waals surface area contributed by atoms with E-state index < -0.39 is 5.97 Å². The van der Waals surface area contributed by atoms with E-state index in [1.165, 1.54) is 0 Å². The van der Waals surface area contributed by atoms with Gasteiger partial charge in [-0.05, 0) is 31.5 Å². The van der Waals surface area contributed by atoms with Gasteiger partial charge in [0.15, 0.2) is 0 Å². The third kappa shape index (κ3) is 5.20. The maximum atomic E-state index is 11.7. The first kappa shape index (κ1) is 14.5. The van der Waals surface area contributed by atoms with E-state index in [1.54, 1.807) is 24.3 Å². The van der Waals surface area contributed by atoms with Crippen LogP contribution >= 0.6 is 12.2 Å². The number of carbonyl (C=O) groups excluding carboxylic acids is 1. The van der Waals surface area contributed by atoms with Crippen LogP contribution < -0.4 is 4.72 Å². The summed E-state index contributed by atoms with van der Waals surface area (Å²) in [4.78, 5) is 22.3. The van der Waals surface area contributed by atoms with E-state index >= 15 is 0 Å². The second-order valence-electron chi connectivity index (χ2n) is 3.93. The highest BCUT2D eigenvalue weighted by Gasteiger charge is 2.08. The molecule has 1 rings (SSSR count). The summed E-state index contributed by atoms with van der Waals surface area (Å²) >= 11 is 0.868. The third-order valence-electron chi connectivity index (χ3n) is 1.92. The Morgan fingerprint density at radius 2 is 2.17 bits per heavy atom. The van der Waals surface area contributed by atoms with E-state index in [0.717, 1.165) is 12.2 Å². The van der Waals surface area contributed by atoms with Gasteiger partial charge >= 0.3 is 5.97 Å². The van der Waals surface area contributed by atoms with Crippen LogP contribution in [0.15, 0.2) is 24.3 Å². The van der Waals surface area contributed by atoms with Crippen molar-refractivity contribution in [3.8, 4) is 0 Å². The Hall–Kier alpha value is -1.53. The zero-order valence-electron chi connectivity index (χ0n) is 10.2.